The Kier molecular flexibility index (Phi) is 5.17. The SMILES string of the molecule is Cc1ccc(/C=C/C(=O)N[C@H](C)CCC(=O)O)o1. The molecule has 0 aliphatic heterocycles. The highest BCUT2D eigenvalue weighted by Crippen LogP contribution is 2.07. The molecule has 5 nitrogen and oxygen atoms in total. The first-order valence-corrected chi connectivity index (χ1v) is 5.74. The van der Waals surface area contributed by atoms with Crippen LogP contribution >= 0.6 is 0 Å². The van der Waals surface area contributed by atoms with E-state index >= 15 is 0 Å². The third-order valence-electron chi connectivity index (χ3n) is 2.34. The Morgan fingerprint density at radius 3 is 2.78 bits per heavy atom. The number of furan rings is 1. The van der Waals surface area contributed by atoms with Crippen molar-refractivity contribution < 1.29 is 19.1 Å². The highest BCUT2D eigenvalue weighted by molar-refractivity contribution is 5.91. The van der Waals surface area contributed by atoms with Crippen molar-refractivity contribution in [2.24, 2.45) is 0 Å². The molecule has 2 N–H and O–H groups in total. The molecule has 0 bridgehead atoms. The van der Waals surface area contributed by atoms with Gasteiger partial charge >= 0.3 is 5.97 Å². The summed E-state index contributed by atoms with van der Waals surface area (Å²) in [6.45, 7) is 3.59. The number of hydrogen-bond acceptors (Lipinski definition) is 3. The van der Waals surface area contributed by atoms with Crippen LogP contribution in [-0.4, -0.2) is 23.0 Å². The molecule has 0 radical (unpaired) electrons. The Bertz CT molecular complexity index is 448. The topological polar surface area (TPSA) is 79.5 Å². The first kappa shape index (κ1) is 14.0. The van der Waals surface area contributed by atoms with Gasteiger partial charge in [-0.2, -0.15) is 0 Å². The third-order valence-corrected chi connectivity index (χ3v) is 2.34. The Hall–Kier alpha value is -2.04. The van der Waals surface area contributed by atoms with Crippen molar-refractivity contribution in [3.05, 3.63) is 29.7 Å². The fourth-order valence-corrected chi connectivity index (χ4v) is 1.40. The predicted molar refractivity (Wildman–Crippen MR) is 67.0 cm³/mol. The second-order valence-electron chi connectivity index (χ2n) is 4.12. The first-order chi connectivity index (χ1) is 8.47. The molecule has 5 heteroatoms. The summed E-state index contributed by atoms with van der Waals surface area (Å²) in [4.78, 5) is 21.9. The number of amides is 1. The van der Waals surface area contributed by atoms with E-state index in [9.17, 15) is 9.59 Å². The molecular weight excluding hydrogens is 234 g/mol. The molecule has 0 saturated carbocycles. The third kappa shape index (κ3) is 5.34. The molecule has 0 fully saturated rings. The van der Waals surface area contributed by atoms with E-state index in [0.29, 0.717) is 12.2 Å². The average molecular weight is 251 g/mol. The number of nitrogens with one attached hydrogen (secondary N) is 1. The van der Waals surface area contributed by atoms with Crippen LogP contribution in [-0.2, 0) is 9.59 Å². The minimum Gasteiger partial charge on any atom is -0.481 e. The summed E-state index contributed by atoms with van der Waals surface area (Å²) in [6, 6.07) is 3.41. The molecule has 1 aromatic heterocycles. The van der Waals surface area contributed by atoms with Crippen molar-refractivity contribution in [2.75, 3.05) is 0 Å². The smallest absolute Gasteiger partial charge is 0.303 e. The monoisotopic (exact) mass is 251 g/mol. The van der Waals surface area contributed by atoms with E-state index in [1.807, 2.05) is 13.0 Å². The van der Waals surface area contributed by atoms with Crippen LogP contribution in [0.5, 0.6) is 0 Å². The highest BCUT2D eigenvalue weighted by Gasteiger charge is 2.07. The zero-order valence-electron chi connectivity index (χ0n) is 10.5. The molecule has 1 rings (SSSR count). The van der Waals surface area contributed by atoms with Crippen LogP contribution in [0, 0.1) is 6.92 Å². The molecule has 98 valence electrons. The quantitative estimate of drug-likeness (QED) is 0.757. The Balaban J connectivity index is 2.37. The molecule has 0 aliphatic rings. The number of carboxylic acid groups (broad SMARTS) is 1. The van der Waals surface area contributed by atoms with E-state index < -0.39 is 5.97 Å². The summed E-state index contributed by atoms with van der Waals surface area (Å²) in [7, 11) is 0. The number of carboxylic acids is 1. The second kappa shape index (κ2) is 6.64. The molecule has 1 aromatic rings. The van der Waals surface area contributed by atoms with E-state index in [2.05, 4.69) is 5.32 Å². The molecule has 1 amide bonds. The molecule has 0 spiro atoms. The van der Waals surface area contributed by atoms with Gasteiger partial charge in [-0.1, -0.05) is 0 Å². The number of rotatable bonds is 6. The van der Waals surface area contributed by atoms with Crippen LogP contribution in [0.3, 0.4) is 0 Å². The molecule has 0 aromatic carbocycles. The standard InChI is InChI=1S/C13H17NO4/c1-9(3-8-13(16)17)14-12(15)7-6-11-5-4-10(2)18-11/h4-7,9H,3,8H2,1-2H3,(H,14,15)(H,16,17)/b7-6+/t9-/m1/s1. The van der Waals surface area contributed by atoms with Crippen LogP contribution < -0.4 is 5.32 Å². The highest BCUT2D eigenvalue weighted by atomic mass is 16.4. The largest absolute Gasteiger partial charge is 0.481 e. The number of aliphatic carboxylic acids is 1. The number of carbonyl (C=O) groups excluding carboxylic acids is 1. The summed E-state index contributed by atoms with van der Waals surface area (Å²) in [5.74, 6) is 0.269. The maximum Gasteiger partial charge on any atom is 0.303 e. The van der Waals surface area contributed by atoms with Crippen LogP contribution in [0.4, 0.5) is 0 Å². The lowest BCUT2D eigenvalue weighted by Crippen LogP contribution is -2.31. The fraction of sp³-hybridized carbons (Fsp3) is 0.385. The number of aryl methyl sites for hydroxylation is 1. The van der Waals surface area contributed by atoms with Crippen LogP contribution in [0.15, 0.2) is 22.6 Å². The summed E-state index contributed by atoms with van der Waals surface area (Å²) in [5.41, 5.74) is 0. The normalized spacial score (nSPS) is 12.6. The van der Waals surface area contributed by atoms with E-state index in [0.717, 1.165) is 5.76 Å². The van der Waals surface area contributed by atoms with Gasteiger partial charge in [-0.25, -0.2) is 0 Å². The Morgan fingerprint density at radius 2 is 2.22 bits per heavy atom. The van der Waals surface area contributed by atoms with Crippen molar-refractivity contribution in [3.63, 3.8) is 0 Å². The number of carbonyl (C=O) groups is 2. The van der Waals surface area contributed by atoms with Crippen molar-refractivity contribution in [2.45, 2.75) is 32.7 Å². The van der Waals surface area contributed by atoms with E-state index in [1.54, 1.807) is 19.1 Å². The molecule has 0 aliphatic carbocycles. The van der Waals surface area contributed by atoms with E-state index in [4.69, 9.17) is 9.52 Å². The van der Waals surface area contributed by atoms with Crippen molar-refractivity contribution in [1.29, 1.82) is 0 Å². The molecule has 1 heterocycles. The predicted octanol–water partition coefficient (Wildman–Crippen LogP) is 1.97. The zero-order valence-corrected chi connectivity index (χ0v) is 10.5. The lowest BCUT2D eigenvalue weighted by atomic mass is 10.2. The maximum absolute atomic E-state index is 11.5. The average Bonchev–Trinajstić information content (AvgIpc) is 2.70. The fourth-order valence-electron chi connectivity index (χ4n) is 1.40. The van der Waals surface area contributed by atoms with Gasteiger partial charge in [0.15, 0.2) is 0 Å². The van der Waals surface area contributed by atoms with Crippen LogP contribution in [0.25, 0.3) is 6.08 Å². The summed E-state index contributed by atoms with van der Waals surface area (Å²) < 4.78 is 5.27. The van der Waals surface area contributed by atoms with Crippen molar-refractivity contribution in [3.8, 4) is 0 Å². The van der Waals surface area contributed by atoms with Gasteiger partial charge in [0.05, 0.1) is 0 Å². The van der Waals surface area contributed by atoms with Gasteiger partial charge in [-0.15, -0.1) is 0 Å². The van der Waals surface area contributed by atoms with Crippen LogP contribution in [0.1, 0.15) is 31.3 Å². The molecule has 0 saturated heterocycles. The minimum atomic E-state index is -0.863. The molecule has 18 heavy (non-hydrogen) atoms. The summed E-state index contributed by atoms with van der Waals surface area (Å²) >= 11 is 0. The zero-order chi connectivity index (χ0) is 13.5. The number of hydrogen-bond donors (Lipinski definition) is 2. The molecule has 0 unspecified atom stereocenters. The van der Waals surface area contributed by atoms with Gasteiger partial charge in [0.2, 0.25) is 5.91 Å². The van der Waals surface area contributed by atoms with Gasteiger partial charge < -0.3 is 14.8 Å². The van der Waals surface area contributed by atoms with Gasteiger partial charge in [0.1, 0.15) is 11.5 Å². The summed E-state index contributed by atoms with van der Waals surface area (Å²) in [5, 5.41) is 11.2. The minimum absolute atomic E-state index is 0.0442. The van der Waals surface area contributed by atoms with Gasteiger partial charge in [0.25, 0.3) is 0 Å². The second-order valence-corrected chi connectivity index (χ2v) is 4.12. The Labute approximate surface area is 105 Å². The van der Waals surface area contributed by atoms with Crippen LogP contribution in [0.2, 0.25) is 0 Å². The summed E-state index contributed by atoms with van der Waals surface area (Å²) in [6.07, 6.45) is 3.40. The van der Waals surface area contributed by atoms with E-state index in [-0.39, 0.29) is 18.4 Å². The lowest BCUT2D eigenvalue weighted by Gasteiger charge is -2.10. The van der Waals surface area contributed by atoms with Gasteiger partial charge in [0, 0.05) is 18.5 Å². The van der Waals surface area contributed by atoms with Crippen molar-refractivity contribution >= 4 is 18.0 Å². The first-order valence-electron chi connectivity index (χ1n) is 5.74. The lowest BCUT2D eigenvalue weighted by molar-refractivity contribution is -0.137. The van der Waals surface area contributed by atoms with Gasteiger partial charge in [-0.3, -0.25) is 9.59 Å². The Morgan fingerprint density at radius 1 is 1.50 bits per heavy atom. The van der Waals surface area contributed by atoms with E-state index in [1.165, 1.54) is 6.08 Å². The van der Waals surface area contributed by atoms with Gasteiger partial charge in [-0.05, 0) is 38.5 Å². The molecular formula is C13H17NO4. The maximum atomic E-state index is 11.5. The van der Waals surface area contributed by atoms with Crippen molar-refractivity contribution in [1.82, 2.24) is 5.32 Å². The molecule has 1 atom stereocenters.